The first-order valence-electron chi connectivity index (χ1n) is 11.9. The molecule has 2 fully saturated rings. The number of amides is 1. The van der Waals surface area contributed by atoms with Gasteiger partial charge >= 0.3 is 0 Å². The molecule has 6 nitrogen and oxygen atoms in total. The van der Waals surface area contributed by atoms with Crippen LogP contribution < -0.4 is 4.74 Å². The normalized spacial score (nSPS) is 20.2. The third kappa shape index (κ3) is 4.33. The van der Waals surface area contributed by atoms with Crippen LogP contribution in [0.2, 0.25) is 0 Å². The van der Waals surface area contributed by atoms with Crippen molar-refractivity contribution in [2.45, 2.75) is 38.5 Å². The fraction of sp³-hybridized carbons (Fsp3) is 0.407. The number of benzene rings is 1. The maximum Gasteiger partial charge on any atom is 0.272 e. The SMILES string of the molecule is COc1ccc(CC2C(c3ccc(C#N)c(F)c3)=NC(C(=O)N3CCCCC3)=C2C2CC2)cn1. The summed E-state index contributed by atoms with van der Waals surface area (Å²) in [5.74, 6) is 0.139. The summed E-state index contributed by atoms with van der Waals surface area (Å²) in [4.78, 5) is 24.7. The molecule has 1 unspecified atom stereocenters. The smallest absolute Gasteiger partial charge is 0.272 e. The monoisotopic (exact) mass is 458 g/mol. The van der Waals surface area contributed by atoms with Crippen molar-refractivity contribution in [2.75, 3.05) is 20.2 Å². The fourth-order valence-corrected chi connectivity index (χ4v) is 4.99. The first-order chi connectivity index (χ1) is 16.6. The summed E-state index contributed by atoms with van der Waals surface area (Å²) in [7, 11) is 1.58. The van der Waals surface area contributed by atoms with Gasteiger partial charge in [0.2, 0.25) is 5.88 Å². The molecule has 1 aliphatic carbocycles. The highest BCUT2D eigenvalue weighted by atomic mass is 19.1. The Hall–Kier alpha value is -3.53. The summed E-state index contributed by atoms with van der Waals surface area (Å²) in [5.41, 5.74) is 3.92. The lowest BCUT2D eigenvalue weighted by atomic mass is 9.83. The van der Waals surface area contributed by atoms with Crippen molar-refractivity contribution < 1.29 is 13.9 Å². The molecule has 1 saturated carbocycles. The molecular formula is C27H27FN4O2. The van der Waals surface area contributed by atoms with Crippen LogP contribution in [0.25, 0.3) is 0 Å². The zero-order valence-corrected chi connectivity index (χ0v) is 19.3. The van der Waals surface area contributed by atoms with Gasteiger partial charge in [-0.05, 0) is 73.3 Å². The summed E-state index contributed by atoms with van der Waals surface area (Å²) in [6, 6.07) is 10.3. The van der Waals surface area contributed by atoms with E-state index in [1.165, 1.54) is 12.1 Å². The van der Waals surface area contributed by atoms with E-state index in [4.69, 9.17) is 15.0 Å². The molecule has 3 aliphatic rings. The standard InChI is InChI=1S/C27H27FN4O2/c1-34-23-10-5-17(16-30-23)13-21-24(18-6-7-18)26(27(33)32-11-3-2-4-12-32)31-25(21)19-8-9-20(15-29)22(28)14-19/h5,8-10,14,16,18,21H,2-4,6-7,11-13H2,1H3. The number of rotatable bonds is 6. The number of allylic oxidation sites excluding steroid dienone is 1. The summed E-state index contributed by atoms with van der Waals surface area (Å²) in [5, 5.41) is 9.15. The molecule has 2 aliphatic heterocycles. The largest absolute Gasteiger partial charge is 0.481 e. The van der Waals surface area contributed by atoms with Crippen LogP contribution in [0.5, 0.6) is 5.88 Å². The average Bonchev–Trinajstić information content (AvgIpc) is 3.65. The zero-order chi connectivity index (χ0) is 23.7. The number of carbonyl (C=O) groups excluding carboxylic acids is 1. The first-order valence-corrected chi connectivity index (χ1v) is 11.9. The van der Waals surface area contributed by atoms with Crippen molar-refractivity contribution in [1.29, 1.82) is 5.26 Å². The number of aromatic nitrogens is 1. The molecule has 1 saturated heterocycles. The van der Waals surface area contributed by atoms with E-state index in [1.54, 1.807) is 19.4 Å². The Bertz CT molecular complexity index is 1200. The molecule has 174 valence electrons. The Labute approximate surface area is 198 Å². The van der Waals surface area contributed by atoms with Crippen molar-refractivity contribution in [3.63, 3.8) is 0 Å². The maximum atomic E-state index is 14.6. The van der Waals surface area contributed by atoms with E-state index in [2.05, 4.69) is 4.98 Å². The second-order valence-electron chi connectivity index (χ2n) is 9.20. The molecule has 1 atom stereocenters. The molecule has 1 aromatic heterocycles. The van der Waals surface area contributed by atoms with Gasteiger partial charge in [-0.25, -0.2) is 14.4 Å². The molecule has 0 N–H and O–H groups in total. The predicted molar refractivity (Wildman–Crippen MR) is 126 cm³/mol. The number of methoxy groups -OCH3 is 1. The number of hydrogen-bond acceptors (Lipinski definition) is 5. The number of ether oxygens (including phenoxy) is 1. The first kappa shape index (κ1) is 22.3. The minimum atomic E-state index is -0.573. The second-order valence-corrected chi connectivity index (χ2v) is 9.20. The second kappa shape index (κ2) is 9.38. The van der Waals surface area contributed by atoms with Crippen LogP contribution in [0.3, 0.4) is 0 Å². The van der Waals surface area contributed by atoms with Crippen molar-refractivity contribution in [1.82, 2.24) is 9.88 Å². The lowest BCUT2D eigenvalue weighted by Crippen LogP contribution is -2.36. The van der Waals surface area contributed by atoms with Crippen molar-refractivity contribution in [3.05, 3.63) is 70.3 Å². The summed E-state index contributed by atoms with van der Waals surface area (Å²) in [6.07, 6.45) is 7.63. The van der Waals surface area contributed by atoms with E-state index in [1.807, 2.05) is 23.1 Å². The minimum Gasteiger partial charge on any atom is -0.481 e. The van der Waals surface area contributed by atoms with Gasteiger partial charge in [0.15, 0.2) is 0 Å². The van der Waals surface area contributed by atoms with Gasteiger partial charge < -0.3 is 9.64 Å². The molecule has 3 heterocycles. The topological polar surface area (TPSA) is 78.6 Å². The summed E-state index contributed by atoms with van der Waals surface area (Å²) < 4.78 is 19.8. The van der Waals surface area contributed by atoms with Crippen molar-refractivity contribution in [2.24, 2.45) is 16.8 Å². The molecule has 7 heteroatoms. The molecule has 5 rings (SSSR count). The number of hydrogen-bond donors (Lipinski definition) is 0. The molecule has 1 amide bonds. The number of aliphatic imine (C=N–C) groups is 1. The molecular weight excluding hydrogens is 431 g/mol. The molecule has 1 aromatic carbocycles. The number of piperidine rings is 1. The van der Waals surface area contributed by atoms with E-state index in [0.29, 0.717) is 35.2 Å². The highest BCUT2D eigenvalue weighted by molar-refractivity contribution is 6.11. The number of likely N-dealkylation sites (tertiary alicyclic amines) is 1. The minimum absolute atomic E-state index is 0.00163. The van der Waals surface area contributed by atoms with Crippen LogP contribution in [0.1, 0.15) is 48.8 Å². The highest BCUT2D eigenvalue weighted by Crippen LogP contribution is 2.47. The zero-order valence-electron chi connectivity index (χ0n) is 19.3. The van der Waals surface area contributed by atoms with Gasteiger partial charge in [0, 0.05) is 31.3 Å². The van der Waals surface area contributed by atoms with E-state index in [9.17, 15) is 9.18 Å². The van der Waals surface area contributed by atoms with E-state index >= 15 is 0 Å². The fourth-order valence-electron chi connectivity index (χ4n) is 4.99. The Balaban J connectivity index is 1.56. The number of halogens is 1. The third-order valence-corrected chi connectivity index (χ3v) is 6.91. The Morgan fingerprint density at radius 2 is 2.00 bits per heavy atom. The van der Waals surface area contributed by atoms with Gasteiger partial charge in [-0.1, -0.05) is 12.1 Å². The number of nitrogens with zero attached hydrogens (tertiary/aromatic N) is 4. The van der Waals surface area contributed by atoms with Crippen LogP contribution in [0.15, 0.2) is 52.8 Å². The van der Waals surface area contributed by atoms with E-state index < -0.39 is 5.82 Å². The molecule has 2 aromatic rings. The maximum absolute atomic E-state index is 14.6. The Kier molecular flexibility index (Phi) is 6.14. The van der Waals surface area contributed by atoms with Crippen molar-refractivity contribution in [3.8, 4) is 11.9 Å². The van der Waals surface area contributed by atoms with Gasteiger partial charge in [-0.2, -0.15) is 5.26 Å². The van der Waals surface area contributed by atoms with Gasteiger partial charge in [-0.3, -0.25) is 4.79 Å². The van der Waals surface area contributed by atoms with Gasteiger partial charge in [-0.15, -0.1) is 0 Å². The predicted octanol–water partition coefficient (Wildman–Crippen LogP) is 4.44. The van der Waals surface area contributed by atoms with Crippen LogP contribution >= 0.6 is 0 Å². The van der Waals surface area contributed by atoms with E-state index in [-0.39, 0.29) is 17.4 Å². The van der Waals surface area contributed by atoms with Crippen LogP contribution in [0, 0.1) is 29.0 Å². The molecule has 0 spiro atoms. The summed E-state index contributed by atoms with van der Waals surface area (Å²) >= 11 is 0. The van der Waals surface area contributed by atoms with Gasteiger partial charge in [0.1, 0.15) is 17.6 Å². The quantitative estimate of drug-likeness (QED) is 0.641. The van der Waals surface area contributed by atoms with Crippen LogP contribution in [-0.2, 0) is 11.2 Å². The van der Waals surface area contributed by atoms with E-state index in [0.717, 1.165) is 56.3 Å². The third-order valence-electron chi connectivity index (χ3n) is 6.91. The lowest BCUT2D eigenvalue weighted by molar-refractivity contribution is -0.128. The Morgan fingerprint density at radius 3 is 2.62 bits per heavy atom. The molecule has 34 heavy (non-hydrogen) atoms. The van der Waals surface area contributed by atoms with Gasteiger partial charge in [0.05, 0.1) is 18.4 Å². The van der Waals surface area contributed by atoms with Gasteiger partial charge in [0.25, 0.3) is 5.91 Å². The van der Waals surface area contributed by atoms with Crippen LogP contribution in [0.4, 0.5) is 4.39 Å². The lowest BCUT2D eigenvalue weighted by Gasteiger charge is -2.27. The Morgan fingerprint density at radius 1 is 1.21 bits per heavy atom. The van der Waals surface area contributed by atoms with Crippen molar-refractivity contribution >= 4 is 11.6 Å². The number of pyridine rings is 1. The molecule has 0 radical (unpaired) electrons. The van der Waals surface area contributed by atoms with Crippen LogP contribution in [-0.4, -0.2) is 41.7 Å². The molecule has 0 bridgehead atoms. The number of nitriles is 1. The number of carbonyl (C=O) groups is 1. The highest BCUT2D eigenvalue weighted by Gasteiger charge is 2.42. The summed E-state index contributed by atoms with van der Waals surface area (Å²) in [6.45, 7) is 1.51. The average molecular weight is 459 g/mol.